The Morgan fingerprint density at radius 2 is 1.16 bits per heavy atom. The summed E-state index contributed by atoms with van der Waals surface area (Å²) in [6.45, 7) is 4.25. The summed E-state index contributed by atoms with van der Waals surface area (Å²) < 4.78 is 1.51. The van der Waals surface area contributed by atoms with Crippen molar-refractivity contribution >= 4 is 57.1 Å². The maximum atomic E-state index is 3.33. The molecule has 0 saturated heterocycles. The van der Waals surface area contributed by atoms with Crippen LogP contribution in [0, 0.1) is 6.08 Å². The van der Waals surface area contributed by atoms with Crippen LogP contribution in [0.2, 0.25) is 0 Å². The van der Waals surface area contributed by atoms with Gasteiger partial charge in [-0.25, -0.2) is 0 Å². The molecule has 38 heavy (non-hydrogen) atoms. The van der Waals surface area contributed by atoms with Gasteiger partial charge in [-0.3, -0.25) is 0 Å². The zero-order valence-corrected chi connectivity index (χ0v) is 24.2. The van der Waals surface area contributed by atoms with E-state index in [9.17, 15) is 0 Å². The first-order valence-electron chi connectivity index (χ1n) is 13.1. The molecule has 1 aliphatic carbocycles. The van der Waals surface area contributed by atoms with Crippen molar-refractivity contribution in [2.24, 2.45) is 0 Å². The first-order chi connectivity index (χ1) is 18.6. The third-order valence-corrected chi connectivity index (χ3v) is 7.10. The van der Waals surface area contributed by atoms with Crippen LogP contribution >= 0.6 is 0 Å². The minimum atomic E-state index is 1.01. The monoisotopic (exact) mass is 562 g/mol. The molecule has 0 heterocycles. The molecule has 0 atom stereocenters. The molecular weight excluding hydrogens is 536 g/mol. The average Bonchev–Trinajstić information content (AvgIpc) is 3.62. The first-order valence-corrected chi connectivity index (χ1v) is 14.3. The second kappa shape index (κ2) is 10.7. The molecule has 0 saturated carbocycles. The standard InChI is InChI=1S/2C17H11.C3H6.Zr/c2*1-2-6-15-12(4-1)8-10-14-11-9-13-5-3-7-16(13)17(14)15;1-3-2;/h1-4,6,8-11H,7H2;1-11H;1-2H3;/q2*-1;;+2. The van der Waals surface area contributed by atoms with E-state index in [2.05, 4.69) is 141 Å². The van der Waals surface area contributed by atoms with Gasteiger partial charge in [-0.05, 0) is 21.5 Å². The Balaban J connectivity index is 0.000000122. The van der Waals surface area contributed by atoms with Crippen molar-refractivity contribution in [1.29, 1.82) is 0 Å². The van der Waals surface area contributed by atoms with Crippen LogP contribution in [0.1, 0.15) is 25.0 Å². The van der Waals surface area contributed by atoms with E-state index in [-0.39, 0.29) is 0 Å². The van der Waals surface area contributed by atoms with E-state index in [1.807, 2.05) is 0 Å². The SMILES string of the molecule is C[C](C)=[Zr+2].[C-]1=CCc2c1ccc1ccc3ccccc3c21.c1ccc2c(c1)ccc1ccc3cc[cH-]c3c12. The molecule has 0 N–H and O–H groups in total. The molecule has 180 valence electrons. The normalized spacial score (nSPS) is 11.9. The fraction of sp³-hybridized carbons (Fsp3) is 0.0811. The molecule has 0 aromatic heterocycles. The zero-order chi connectivity index (χ0) is 26.1. The van der Waals surface area contributed by atoms with Gasteiger partial charge in [0.15, 0.2) is 0 Å². The molecule has 1 heteroatoms. The van der Waals surface area contributed by atoms with Crippen molar-refractivity contribution in [2.75, 3.05) is 0 Å². The molecule has 0 spiro atoms. The van der Waals surface area contributed by atoms with Crippen LogP contribution in [0.25, 0.3) is 53.9 Å². The van der Waals surface area contributed by atoms with E-state index in [0.29, 0.717) is 0 Å². The molecule has 0 radical (unpaired) electrons. The number of rotatable bonds is 0. The smallest absolute Gasteiger partial charge is 0.0188 e. The number of hydrogen-bond donors (Lipinski definition) is 0. The summed E-state index contributed by atoms with van der Waals surface area (Å²) in [6.07, 6.45) is 6.48. The summed E-state index contributed by atoms with van der Waals surface area (Å²) >= 11 is 1.55. The number of benzene rings is 6. The third-order valence-electron chi connectivity index (χ3n) is 7.10. The number of hydrogen-bond acceptors (Lipinski definition) is 0. The van der Waals surface area contributed by atoms with Gasteiger partial charge in [0, 0.05) is 0 Å². The summed E-state index contributed by atoms with van der Waals surface area (Å²) in [5.74, 6) is 0. The largest absolute Gasteiger partial charge is 0.189 e. The summed E-state index contributed by atoms with van der Waals surface area (Å²) in [5, 5.41) is 13.5. The van der Waals surface area contributed by atoms with Crippen molar-refractivity contribution in [1.82, 2.24) is 0 Å². The Kier molecular flexibility index (Phi) is 6.96. The quantitative estimate of drug-likeness (QED) is 0.127. The Bertz CT molecular complexity index is 1980. The Labute approximate surface area is 238 Å². The van der Waals surface area contributed by atoms with Crippen molar-refractivity contribution < 1.29 is 24.2 Å². The van der Waals surface area contributed by atoms with Gasteiger partial charge in [0.25, 0.3) is 0 Å². The summed E-state index contributed by atoms with van der Waals surface area (Å²) in [5.41, 5.74) is 2.69. The van der Waals surface area contributed by atoms with Gasteiger partial charge in [0.1, 0.15) is 0 Å². The van der Waals surface area contributed by atoms with Crippen LogP contribution in [0.4, 0.5) is 0 Å². The van der Waals surface area contributed by atoms with Crippen LogP contribution in [0.5, 0.6) is 0 Å². The fourth-order valence-electron chi connectivity index (χ4n) is 5.50. The minimum Gasteiger partial charge on any atom is -0.189 e. The van der Waals surface area contributed by atoms with Crippen LogP contribution in [0.3, 0.4) is 0 Å². The third kappa shape index (κ3) is 4.73. The van der Waals surface area contributed by atoms with E-state index < -0.39 is 0 Å². The molecule has 7 aromatic carbocycles. The fourth-order valence-corrected chi connectivity index (χ4v) is 5.50. The molecule has 8 rings (SSSR count). The number of allylic oxidation sites excluding steroid dienone is 1. The van der Waals surface area contributed by atoms with E-state index in [1.165, 1.54) is 68.2 Å². The van der Waals surface area contributed by atoms with Gasteiger partial charge in [0.05, 0.1) is 0 Å². The molecule has 7 aromatic rings. The molecule has 0 amide bonds. The van der Waals surface area contributed by atoms with Gasteiger partial charge in [0.2, 0.25) is 0 Å². The summed E-state index contributed by atoms with van der Waals surface area (Å²) in [4.78, 5) is 0. The summed E-state index contributed by atoms with van der Waals surface area (Å²) in [7, 11) is 0. The van der Waals surface area contributed by atoms with Crippen LogP contribution in [-0.4, -0.2) is 3.21 Å². The Morgan fingerprint density at radius 3 is 1.84 bits per heavy atom. The maximum Gasteiger partial charge on any atom is -0.0188 e. The minimum absolute atomic E-state index is 1.01. The molecule has 1 aliphatic rings. The van der Waals surface area contributed by atoms with Crippen molar-refractivity contribution in [3.63, 3.8) is 0 Å². The van der Waals surface area contributed by atoms with E-state index in [1.54, 1.807) is 24.2 Å². The van der Waals surface area contributed by atoms with Crippen molar-refractivity contribution in [2.45, 2.75) is 20.3 Å². The Hall–Kier alpha value is -3.54. The molecular formula is C37H28Zr. The molecule has 0 nitrogen and oxygen atoms in total. The maximum absolute atomic E-state index is 3.33. The van der Waals surface area contributed by atoms with E-state index in [4.69, 9.17) is 0 Å². The van der Waals surface area contributed by atoms with Gasteiger partial charge < -0.3 is 0 Å². The summed E-state index contributed by atoms with van der Waals surface area (Å²) in [6, 6.07) is 41.4. The van der Waals surface area contributed by atoms with Gasteiger partial charge in [-0.15, -0.1) is 34.5 Å². The first kappa shape index (κ1) is 24.8. The predicted octanol–water partition coefficient (Wildman–Crippen LogP) is 9.87. The molecule has 0 bridgehead atoms. The van der Waals surface area contributed by atoms with E-state index >= 15 is 0 Å². The Morgan fingerprint density at radius 1 is 0.632 bits per heavy atom. The predicted molar refractivity (Wildman–Crippen MR) is 163 cm³/mol. The second-order valence-corrected chi connectivity index (χ2v) is 12.5. The van der Waals surface area contributed by atoms with Gasteiger partial charge >= 0.3 is 41.3 Å². The van der Waals surface area contributed by atoms with Crippen LogP contribution < -0.4 is 0 Å². The number of fused-ring (bicyclic) bond motifs is 10. The second-order valence-electron chi connectivity index (χ2n) is 10.0. The molecule has 0 unspecified atom stereocenters. The van der Waals surface area contributed by atoms with Gasteiger partial charge in [-0.2, -0.15) is 35.9 Å². The molecule has 0 aliphatic heterocycles. The van der Waals surface area contributed by atoms with Crippen LogP contribution in [0.15, 0.2) is 121 Å². The zero-order valence-electron chi connectivity index (χ0n) is 21.8. The van der Waals surface area contributed by atoms with Crippen LogP contribution in [-0.2, 0) is 30.7 Å². The average molecular weight is 564 g/mol. The topological polar surface area (TPSA) is 0 Å². The van der Waals surface area contributed by atoms with Gasteiger partial charge in [-0.1, -0.05) is 107 Å². The van der Waals surface area contributed by atoms with Crippen molar-refractivity contribution in [3.05, 3.63) is 139 Å². The molecule has 0 fully saturated rings. The van der Waals surface area contributed by atoms with Crippen molar-refractivity contribution in [3.8, 4) is 0 Å². The van der Waals surface area contributed by atoms with E-state index in [0.717, 1.165) is 6.42 Å².